The number of carboxylic acid groups (broad SMARTS) is 1. The molecule has 0 aliphatic carbocycles. The minimum atomic E-state index is -0.897. The molecule has 26 heavy (non-hydrogen) atoms. The minimum Gasteiger partial charge on any atom is -0.496 e. The van der Waals surface area contributed by atoms with E-state index < -0.39 is 11.9 Å². The fraction of sp³-hybridized carbons (Fsp3) is 0.105. The van der Waals surface area contributed by atoms with Gasteiger partial charge in [0.05, 0.1) is 24.6 Å². The number of methoxy groups -OCH3 is 1. The van der Waals surface area contributed by atoms with Crippen LogP contribution in [0.1, 0.15) is 15.9 Å². The fourth-order valence-corrected chi connectivity index (χ4v) is 2.58. The number of benzene rings is 2. The van der Waals surface area contributed by atoms with Gasteiger partial charge in [0.25, 0.3) is 5.91 Å². The van der Waals surface area contributed by atoms with Gasteiger partial charge in [0.1, 0.15) is 17.2 Å². The first-order valence-corrected chi connectivity index (χ1v) is 7.73. The van der Waals surface area contributed by atoms with E-state index in [1.54, 1.807) is 48.7 Å². The molecule has 3 aromatic rings. The second kappa shape index (κ2) is 7.10. The Morgan fingerprint density at radius 2 is 1.85 bits per heavy atom. The molecule has 0 unspecified atom stereocenters. The molecule has 3 N–H and O–H groups in total. The number of rotatable bonds is 6. The largest absolute Gasteiger partial charge is 0.496 e. The zero-order chi connectivity index (χ0) is 18.7. The first-order chi connectivity index (χ1) is 12.5. The van der Waals surface area contributed by atoms with Crippen LogP contribution in [0.2, 0.25) is 0 Å². The predicted octanol–water partition coefficient (Wildman–Crippen LogP) is 2.76. The summed E-state index contributed by atoms with van der Waals surface area (Å²) in [6, 6.07) is 11.6. The molecule has 1 amide bonds. The van der Waals surface area contributed by atoms with E-state index in [2.05, 4.69) is 4.98 Å². The average Bonchev–Trinajstić information content (AvgIpc) is 2.62. The molecule has 0 saturated heterocycles. The Morgan fingerprint density at radius 3 is 2.46 bits per heavy atom. The Bertz CT molecular complexity index is 983. The zero-order valence-electron chi connectivity index (χ0n) is 13.9. The second-order valence-electron chi connectivity index (χ2n) is 5.56. The molecule has 0 radical (unpaired) electrons. The van der Waals surface area contributed by atoms with Crippen molar-refractivity contribution in [1.29, 1.82) is 0 Å². The maximum absolute atomic E-state index is 11.7. The number of ether oxygens (including phenoxy) is 2. The fourth-order valence-electron chi connectivity index (χ4n) is 2.58. The van der Waals surface area contributed by atoms with Gasteiger partial charge in [-0.15, -0.1) is 0 Å². The quantitative estimate of drug-likeness (QED) is 0.705. The van der Waals surface area contributed by atoms with Crippen LogP contribution in [0.15, 0.2) is 48.7 Å². The lowest BCUT2D eigenvalue weighted by molar-refractivity contribution is -0.136. The molecule has 2 aromatic carbocycles. The van der Waals surface area contributed by atoms with Crippen molar-refractivity contribution in [1.82, 2.24) is 4.98 Å². The highest BCUT2D eigenvalue weighted by Gasteiger charge is 2.14. The van der Waals surface area contributed by atoms with Crippen molar-refractivity contribution in [3.8, 4) is 17.2 Å². The van der Waals surface area contributed by atoms with Gasteiger partial charge >= 0.3 is 5.97 Å². The normalized spacial score (nSPS) is 10.5. The highest BCUT2D eigenvalue weighted by molar-refractivity contribution is 6.01. The molecular formula is C19H16N2O5. The number of aliphatic carboxylic acids is 1. The number of carbonyl (C=O) groups is 2. The lowest BCUT2D eigenvalue weighted by Gasteiger charge is -2.12. The van der Waals surface area contributed by atoms with Crippen LogP contribution in [0.4, 0.5) is 0 Å². The Kier molecular flexibility index (Phi) is 4.70. The zero-order valence-corrected chi connectivity index (χ0v) is 13.9. The van der Waals surface area contributed by atoms with Crippen LogP contribution in [0.5, 0.6) is 17.2 Å². The molecule has 1 aromatic heterocycles. The third-order valence-electron chi connectivity index (χ3n) is 3.79. The summed E-state index contributed by atoms with van der Waals surface area (Å²) in [6.45, 7) is 0. The number of amides is 1. The number of aromatic nitrogens is 1. The molecule has 3 rings (SSSR count). The van der Waals surface area contributed by atoms with Crippen LogP contribution < -0.4 is 15.2 Å². The molecule has 0 saturated carbocycles. The van der Waals surface area contributed by atoms with E-state index in [0.29, 0.717) is 33.7 Å². The molecular weight excluding hydrogens is 336 g/mol. The molecule has 0 spiro atoms. The van der Waals surface area contributed by atoms with Gasteiger partial charge in [-0.3, -0.25) is 14.6 Å². The molecule has 7 heteroatoms. The number of carboxylic acids is 1. The van der Waals surface area contributed by atoms with Crippen molar-refractivity contribution in [2.45, 2.75) is 6.42 Å². The number of hydrogen-bond donors (Lipinski definition) is 2. The van der Waals surface area contributed by atoms with Gasteiger partial charge in [-0.2, -0.15) is 0 Å². The summed E-state index contributed by atoms with van der Waals surface area (Å²) in [5, 5.41) is 9.43. The molecule has 0 fully saturated rings. The summed E-state index contributed by atoms with van der Waals surface area (Å²) in [4.78, 5) is 26.7. The van der Waals surface area contributed by atoms with E-state index in [1.165, 1.54) is 7.11 Å². The van der Waals surface area contributed by atoms with Crippen molar-refractivity contribution in [3.05, 3.63) is 59.8 Å². The molecule has 0 bridgehead atoms. The van der Waals surface area contributed by atoms with E-state index in [-0.39, 0.29) is 12.0 Å². The van der Waals surface area contributed by atoms with Crippen LogP contribution in [-0.2, 0) is 11.2 Å². The van der Waals surface area contributed by atoms with Crippen LogP contribution in [0, 0.1) is 0 Å². The van der Waals surface area contributed by atoms with Gasteiger partial charge in [0.15, 0.2) is 0 Å². The first-order valence-electron chi connectivity index (χ1n) is 7.73. The SMILES string of the molecule is COc1cc2nccc(Oc3ccc(CC(=O)O)cc3)c2cc1C(N)=O. The Labute approximate surface area is 149 Å². The third kappa shape index (κ3) is 3.56. The Hall–Kier alpha value is -3.61. The Balaban J connectivity index is 1.98. The van der Waals surface area contributed by atoms with Crippen molar-refractivity contribution in [2.75, 3.05) is 7.11 Å². The number of nitrogens with two attached hydrogens (primary N) is 1. The van der Waals surface area contributed by atoms with Gasteiger partial charge in [-0.25, -0.2) is 0 Å². The second-order valence-corrected chi connectivity index (χ2v) is 5.56. The highest BCUT2D eigenvalue weighted by atomic mass is 16.5. The summed E-state index contributed by atoms with van der Waals surface area (Å²) < 4.78 is 11.1. The smallest absolute Gasteiger partial charge is 0.307 e. The molecule has 0 aliphatic rings. The van der Waals surface area contributed by atoms with Crippen molar-refractivity contribution in [2.24, 2.45) is 5.73 Å². The molecule has 132 valence electrons. The van der Waals surface area contributed by atoms with Crippen molar-refractivity contribution >= 4 is 22.8 Å². The number of hydrogen-bond acceptors (Lipinski definition) is 5. The standard InChI is InChI=1S/C19H16N2O5/c1-25-17-10-15-13(9-14(17)19(20)24)16(6-7-21-15)26-12-4-2-11(3-5-12)8-18(22)23/h2-7,9-10H,8H2,1H3,(H2,20,24)(H,22,23). The first kappa shape index (κ1) is 17.2. The number of carbonyl (C=O) groups excluding carboxylic acids is 1. The Morgan fingerprint density at radius 1 is 1.12 bits per heavy atom. The van der Waals surface area contributed by atoms with E-state index in [4.69, 9.17) is 20.3 Å². The summed E-state index contributed by atoms with van der Waals surface area (Å²) in [6.07, 6.45) is 1.53. The van der Waals surface area contributed by atoms with Gasteiger partial charge in [0, 0.05) is 17.6 Å². The van der Waals surface area contributed by atoms with E-state index in [9.17, 15) is 9.59 Å². The predicted molar refractivity (Wildman–Crippen MR) is 94.7 cm³/mol. The monoisotopic (exact) mass is 352 g/mol. The minimum absolute atomic E-state index is 0.0553. The maximum Gasteiger partial charge on any atom is 0.307 e. The van der Waals surface area contributed by atoms with E-state index in [1.807, 2.05) is 0 Å². The number of pyridine rings is 1. The molecule has 7 nitrogen and oxygen atoms in total. The number of fused-ring (bicyclic) bond motifs is 1. The van der Waals surface area contributed by atoms with E-state index in [0.717, 1.165) is 0 Å². The summed E-state index contributed by atoms with van der Waals surface area (Å²) >= 11 is 0. The van der Waals surface area contributed by atoms with Gasteiger partial charge in [-0.1, -0.05) is 12.1 Å². The van der Waals surface area contributed by atoms with Gasteiger partial charge in [0.2, 0.25) is 0 Å². The van der Waals surface area contributed by atoms with Crippen molar-refractivity contribution in [3.63, 3.8) is 0 Å². The number of primary amides is 1. The van der Waals surface area contributed by atoms with Gasteiger partial charge in [-0.05, 0) is 29.8 Å². The maximum atomic E-state index is 11.7. The van der Waals surface area contributed by atoms with Crippen LogP contribution in [0.25, 0.3) is 10.9 Å². The average molecular weight is 352 g/mol. The van der Waals surface area contributed by atoms with Gasteiger partial charge < -0.3 is 20.3 Å². The third-order valence-corrected chi connectivity index (χ3v) is 3.79. The lowest BCUT2D eigenvalue weighted by atomic mass is 10.1. The summed E-state index contributed by atoms with van der Waals surface area (Å²) in [7, 11) is 1.45. The lowest BCUT2D eigenvalue weighted by Crippen LogP contribution is -2.12. The van der Waals surface area contributed by atoms with Crippen LogP contribution in [-0.4, -0.2) is 29.1 Å². The van der Waals surface area contributed by atoms with Crippen molar-refractivity contribution < 1.29 is 24.2 Å². The molecule has 0 aliphatic heterocycles. The topological polar surface area (TPSA) is 112 Å². The number of nitrogens with zero attached hydrogens (tertiary/aromatic N) is 1. The van der Waals surface area contributed by atoms with E-state index >= 15 is 0 Å². The molecule has 1 heterocycles. The molecule has 0 atom stereocenters. The summed E-state index contributed by atoms with van der Waals surface area (Å²) in [5.41, 5.74) is 6.90. The van der Waals surface area contributed by atoms with Crippen LogP contribution in [0.3, 0.4) is 0 Å². The highest BCUT2D eigenvalue weighted by Crippen LogP contribution is 2.33. The summed E-state index contributed by atoms with van der Waals surface area (Å²) in [5.74, 6) is -0.148. The van der Waals surface area contributed by atoms with Crippen LogP contribution >= 0.6 is 0 Å².